The number of ether oxygens (including phenoxy) is 1. The van der Waals surface area contributed by atoms with Crippen molar-refractivity contribution >= 4 is 17.5 Å². The molecule has 0 bridgehead atoms. The number of nitrogens with zero attached hydrogens (tertiary/aromatic N) is 3. The van der Waals surface area contributed by atoms with E-state index in [1.54, 1.807) is 35.6 Å². The molecule has 2 aromatic rings. The summed E-state index contributed by atoms with van der Waals surface area (Å²) in [4.78, 5) is 21.6. The van der Waals surface area contributed by atoms with Gasteiger partial charge in [0.15, 0.2) is 0 Å². The van der Waals surface area contributed by atoms with Gasteiger partial charge in [0.2, 0.25) is 0 Å². The van der Waals surface area contributed by atoms with Gasteiger partial charge in [-0.3, -0.25) is 9.97 Å². The second kappa shape index (κ2) is 9.75. The molecule has 3 rings (SSSR count). The highest BCUT2D eigenvalue weighted by atomic mass is 16.6. The molecular formula is C20H29N5O2. The van der Waals surface area contributed by atoms with E-state index in [1.807, 2.05) is 39.1 Å². The zero-order chi connectivity index (χ0) is 19.7. The van der Waals surface area contributed by atoms with E-state index >= 15 is 0 Å². The number of likely N-dealkylation sites (tertiary alicyclic amines) is 1. The fourth-order valence-electron chi connectivity index (χ4n) is 2.59. The van der Waals surface area contributed by atoms with Gasteiger partial charge in [-0.2, -0.15) is 0 Å². The van der Waals surface area contributed by atoms with Gasteiger partial charge in [-0.25, -0.2) is 4.79 Å². The SMILES string of the molecule is CC(C)(C)OC(=O)N1CCC(Nc2cccnc2)CC1.Nc1cccnc1. The lowest BCUT2D eigenvalue weighted by molar-refractivity contribution is 0.0210. The van der Waals surface area contributed by atoms with Crippen molar-refractivity contribution in [3.63, 3.8) is 0 Å². The van der Waals surface area contributed by atoms with Gasteiger partial charge in [-0.1, -0.05) is 0 Å². The third-order valence-corrected chi connectivity index (χ3v) is 3.86. The number of nitrogen functional groups attached to an aromatic ring is 1. The second-order valence-electron chi connectivity index (χ2n) is 7.41. The summed E-state index contributed by atoms with van der Waals surface area (Å²) in [6, 6.07) is 7.91. The van der Waals surface area contributed by atoms with Gasteiger partial charge in [-0.05, 0) is 57.9 Å². The van der Waals surface area contributed by atoms with Crippen LogP contribution in [0.3, 0.4) is 0 Å². The summed E-state index contributed by atoms with van der Waals surface area (Å²) in [5.74, 6) is 0. The average Bonchev–Trinajstić information content (AvgIpc) is 2.63. The Hall–Kier alpha value is -2.83. The summed E-state index contributed by atoms with van der Waals surface area (Å²) >= 11 is 0. The molecule has 1 amide bonds. The summed E-state index contributed by atoms with van der Waals surface area (Å²) in [7, 11) is 0. The van der Waals surface area contributed by atoms with Crippen LogP contribution in [0.5, 0.6) is 0 Å². The third-order valence-electron chi connectivity index (χ3n) is 3.86. The Morgan fingerprint density at radius 2 is 1.78 bits per heavy atom. The maximum atomic E-state index is 12.0. The van der Waals surface area contributed by atoms with Gasteiger partial charge in [0.25, 0.3) is 0 Å². The minimum atomic E-state index is -0.429. The summed E-state index contributed by atoms with van der Waals surface area (Å²) in [5.41, 5.74) is 6.61. The number of nitrogens with two attached hydrogens (primary N) is 1. The molecule has 3 N–H and O–H groups in total. The number of hydrogen-bond donors (Lipinski definition) is 2. The number of aromatic nitrogens is 2. The van der Waals surface area contributed by atoms with Gasteiger partial charge in [0, 0.05) is 43.9 Å². The van der Waals surface area contributed by atoms with E-state index in [1.165, 1.54) is 0 Å². The first kappa shape index (κ1) is 20.5. The quantitative estimate of drug-likeness (QED) is 0.838. The molecule has 0 aromatic carbocycles. The molecule has 1 aliphatic heterocycles. The van der Waals surface area contributed by atoms with Gasteiger partial charge in [-0.15, -0.1) is 0 Å². The molecule has 7 nitrogen and oxygen atoms in total. The van der Waals surface area contributed by atoms with Crippen LogP contribution in [0.1, 0.15) is 33.6 Å². The highest BCUT2D eigenvalue weighted by Crippen LogP contribution is 2.18. The topological polar surface area (TPSA) is 93.4 Å². The van der Waals surface area contributed by atoms with Crippen molar-refractivity contribution in [3.05, 3.63) is 49.1 Å². The number of carbonyl (C=O) groups is 1. The van der Waals surface area contributed by atoms with Crippen LogP contribution in [0.15, 0.2) is 49.1 Å². The Kier molecular flexibility index (Phi) is 7.40. The number of nitrogens with one attached hydrogen (secondary N) is 1. The number of carbonyl (C=O) groups excluding carboxylic acids is 1. The highest BCUT2D eigenvalue weighted by Gasteiger charge is 2.26. The minimum absolute atomic E-state index is 0.211. The number of amides is 1. The Morgan fingerprint density at radius 3 is 2.22 bits per heavy atom. The van der Waals surface area contributed by atoms with Crippen LogP contribution in [-0.2, 0) is 4.74 Å². The summed E-state index contributed by atoms with van der Waals surface area (Å²) in [6.07, 6.45) is 8.52. The lowest BCUT2D eigenvalue weighted by Crippen LogP contribution is -2.44. The number of rotatable bonds is 2. The number of piperidine rings is 1. The monoisotopic (exact) mass is 371 g/mol. The molecule has 0 saturated carbocycles. The number of anilines is 2. The van der Waals surface area contributed by atoms with Crippen molar-refractivity contribution in [2.45, 2.75) is 45.3 Å². The third kappa shape index (κ3) is 7.94. The molecule has 0 radical (unpaired) electrons. The molecule has 1 saturated heterocycles. The molecule has 146 valence electrons. The molecule has 0 spiro atoms. The van der Waals surface area contributed by atoms with E-state index in [2.05, 4.69) is 15.3 Å². The summed E-state index contributed by atoms with van der Waals surface area (Å²) in [5, 5.41) is 3.45. The van der Waals surface area contributed by atoms with Gasteiger partial charge in [0.1, 0.15) is 5.60 Å². The van der Waals surface area contributed by atoms with Crippen molar-refractivity contribution in [2.24, 2.45) is 0 Å². The smallest absolute Gasteiger partial charge is 0.410 e. The van der Waals surface area contributed by atoms with Gasteiger partial charge >= 0.3 is 6.09 Å². The van der Waals surface area contributed by atoms with E-state index in [4.69, 9.17) is 10.5 Å². The van der Waals surface area contributed by atoms with Crippen molar-refractivity contribution in [3.8, 4) is 0 Å². The lowest BCUT2D eigenvalue weighted by atomic mass is 10.1. The number of pyridine rings is 2. The Bertz CT molecular complexity index is 681. The normalized spacial score (nSPS) is 14.7. The standard InChI is InChI=1S/C15H23N3O2.C5H6N2/c1-15(2,3)20-14(19)18-9-6-12(7-10-18)17-13-5-4-8-16-11-13;6-5-2-1-3-7-4-5/h4-5,8,11-12,17H,6-7,9-10H2,1-3H3;1-4H,6H2. The summed E-state index contributed by atoms with van der Waals surface area (Å²) < 4.78 is 5.39. The number of hydrogen-bond acceptors (Lipinski definition) is 6. The molecule has 0 atom stereocenters. The van der Waals surface area contributed by atoms with Crippen molar-refractivity contribution in [2.75, 3.05) is 24.1 Å². The van der Waals surface area contributed by atoms with E-state index in [-0.39, 0.29) is 6.09 Å². The maximum absolute atomic E-state index is 12.0. The predicted molar refractivity (Wildman–Crippen MR) is 107 cm³/mol. The molecule has 1 fully saturated rings. The molecule has 2 aromatic heterocycles. The van der Waals surface area contributed by atoms with Crippen LogP contribution >= 0.6 is 0 Å². The maximum Gasteiger partial charge on any atom is 0.410 e. The van der Waals surface area contributed by atoms with Crippen LogP contribution in [0, 0.1) is 0 Å². The molecule has 1 aliphatic rings. The van der Waals surface area contributed by atoms with E-state index in [0.717, 1.165) is 31.6 Å². The zero-order valence-corrected chi connectivity index (χ0v) is 16.3. The van der Waals surface area contributed by atoms with E-state index in [9.17, 15) is 4.79 Å². The minimum Gasteiger partial charge on any atom is -0.444 e. The van der Waals surface area contributed by atoms with Crippen LogP contribution in [0.25, 0.3) is 0 Å². The van der Waals surface area contributed by atoms with Crippen LogP contribution in [-0.4, -0.2) is 45.7 Å². The largest absolute Gasteiger partial charge is 0.444 e. The van der Waals surface area contributed by atoms with Gasteiger partial charge in [0.05, 0.1) is 11.4 Å². The molecule has 0 unspecified atom stereocenters. The molecule has 7 heteroatoms. The van der Waals surface area contributed by atoms with Crippen molar-refractivity contribution < 1.29 is 9.53 Å². The van der Waals surface area contributed by atoms with Crippen LogP contribution in [0.4, 0.5) is 16.2 Å². The first-order chi connectivity index (χ1) is 12.8. The van der Waals surface area contributed by atoms with Crippen LogP contribution in [0.2, 0.25) is 0 Å². The van der Waals surface area contributed by atoms with Crippen LogP contribution < -0.4 is 11.1 Å². The van der Waals surface area contributed by atoms with Crippen molar-refractivity contribution in [1.82, 2.24) is 14.9 Å². The average molecular weight is 371 g/mol. The zero-order valence-electron chi connectivity index (χ0n) is 16.3. The molecule has 3 heterocycles. The van der Waals surface area contributed by atoms with E-state index < -0.39 is 5.60 Å². The van der Waals surface area contributed by atoms with E-state index in [0.29, 0.717) is 11.7 Å². The van der Waals surface area contributed by atoms with Gasteiger partial charge < -0.3 is 20.7 Å². The highest BCUT2D eigenvalue weighted by molar-refractivity contribution is 5.68. The summed E-state index contributed by atoms with van der Waals surface area (Å²) in [6.45, 7) is 7.13. The molecule has 27 heavy (non-hydrogen) atoms. The lowest BCUT2D eigenvalue weighted by Gasteiger charge is -2.34. The predicted octanol–water partition coefficient (Wildman–Crippen LogP) is 3.56. The first-order valence-electron chi connectivity index (χ1n) is 9.13. The Morgan fingerprint density at radius 1 is 1.15 bits per heavy atom. The fourth-order valence-corrected chi connectivity index (χ4v) is 2.59. The Labute approximate surface area is 161 Å². The second-order valence-corrected chi connectivity index (χ2v) is 7.41. The Balaban J connectivity index is 0.000000313. The molecular weight excluding hydrogens is 342 g/mol. The first-order valence-corrected chi connectivity index (χ1v) is 9.13. The van der Waals surface area contributed by atoms with Crippen molar-refractivity contribution in [1.29, 1.82) is 0 Å². The molecule has 0 aliphatic carbocycles. The fraction of sp³-hybridized carbons (Fsp3) is 0.450.